The summed E-state index contributed by atoms with van der Waals surface area (Å²) in [6.07, 6.45) is 9.90. The molecule has 2 aromatic carbocycles. The monoisotopic (exact) mass is 521 g/mol. The molecule has 6 rings (SSSR count). The third-order valence-corrected chi connectivity index (χ3v) is 7.54. The number of rotatable bonds is 8. The smallest absolute Gasteiger partial charge is 0.227 e. The van der Waals surface area contributed by atoms with Gasteiger partial charge in [-0.05, 0) is 57.1 Å². The number of likely N-dealkylation sites (N-methyl/N-ethyl adjacent to an activating group) is 2. The van der Waals surface area contributed by atoms with Gasteiger partial charge in [0.05, 0.1) is 28.1 Å². The third-order valence-electron chi connectivity index (χ3n) is 7.54. The topological polar surface area (TPSA) is 104 Å². The number of aromatic nitrogens is 5. The second-order valence-electron chi connectivity index (χ2n) is 10.6. The van der Waals surface area contributed by atoms with Crippen molar-refractivity contribution in [2.45, 2.75) is 26.3 Å². The lowest BCUT2D eigenvalue weighted by Gasteiger charge is -2.24. The van der Waals surface area contributed by atoms with Crippen LogP contribution in [0.15, 0.2) is 55.1 Å². The molecule has 4 heterocycles. The molecule has 39 heavy (non-hydrogen) atoms. The van der Waals surface area contributed by atoms with Crippen molar-refractivity contribution in [2.75, 3.05) is 50.2 Å². The summed E-state index contributed by atoms with van der Waals surface area (Å²) in [6, 6.07) is 10.7. The molecule has 5 aromatic rings. The second-order valence-corrected chi connectivity index (χ2v) is 10.6. The van der Waals surface area contributed by atoms with Crippen LogP contribution >= 0.6 is 0 Å². The van der Waals surface area contributed by atoms with Crippen LogP contribution in [-0.4, -0.2) is 63.6 Å². The largest absolute Gasteiger partial charge is 0.397 e. The molecule has 1 aliphatic heterocycles. The molecule has 3 aromatic heterocycles. The number of hydrogen-bond acceptors (Lipinski definition) is 7. The van der Waals surface area contributed by atoms with Gasteiger partial charge in [-0.1, -0.05) is 18.2 Å². The van der Waals surface area contributed by atoms with Crippen LogP contribution in [0, 0.1) is 6.92 Å². The van der Waals surface area contributed by atoms with Gasteiger partial charge in [0.1, 0.15) is 5.82 Å². The fourth-order valence-corrected chi connectivity index (χ4v) is 5.44. The molecule has 9 heteroatoms. The number of aromatic amines is 1. The molecule has 0 saturated heterocycles. The summed E-state index contributed by atoms with van der Waals surface area (Å²) in [5, 5.41) is 4.64. The number of anilines is 4. The van der Waals surface area contributed by atoms with Crippen molar-refractivity contribution in [3.63, 3.8) is 0 Å². The first-order valence-corrected chi connectivity index (χ1v) is 13.4. The minimum absolute atomic E-state index is 0.517. The van der Waals surface area contributed by atoms with E-state index in [1.54, 1.807) is 6.20 Å². The number of nitrogens with two attached hydrogens (primary N) is 1. The first-order chi connectivity index (χ1) is 18.9. The molecule has 0 amide bonds. The first-order valence-electron chi connectivity index (χ1n) is 13.4. The van der Waals surface area contributed by atoms with Crippen LogP contribution in [0.3, 0.4) is 0 Å². The van der Waals surface area contributed by atoms with Crippen LogP contribution in [0.5, 0.6) is 0 Å². The van der Waals surface area contributed by atoms with E-state index in [-0.39, 0.29) is 0 Å². The predicted molar refractivity (Wildman–Crippen MR) is 160 cm³/mol. The molecule has 9 nitrogen and oxygen atoms in total. The van der Waals surface area contributed by atoms with Gasteiger partial charge in [-0.2, -0.15) is 0 Å². The van der Waals surface area contributed by atoms with Crippen LogP contribution in [0.4, 0.5) is 23.0 Å². The summed E-state index contributed by atoms with van der Waals surface area (Å²) in [7, 11) is 6.22. The van der Waals surface area contributed by atoms with Crippen molar-refractivity contribution < 1.29 is 0 Å². The van der Waals surface area contributed by atoms with Crippen molar-refractivity contribution in [1.29, 1.82) is 0 Å². The predicted octanol–water partition coefficient (Wildman–Crippen LogP) is 5.07. The quantitative estimate of drug-likeness (QED) is 0.245. The maximum Gasteiger partial charge on any atom is 0.227 e. The first kappa shape index (κ1) is 24.9. The molecule has 0 unspecified atom stereocenters. The number of benzene rings is 2. The summed E-state index contributed by atoms with van der Waals surface area (Å²) in [5.41, 5.74) is 15.7. The number of nitrogens with zero attached hydrogens (tertiary/aromatic N) is 6. The van der Waals surface area contributed by atoms with Crippen LogP contribution in [-0.2, 0) is 13.0 Å². The van der Waals surface area contributed by atoms with Crippen molar-refractivity contribution in [2.24, 2.45) is 0 Å². The van der Waals surface area contributed by atoms with E-state index in [1.165, 1.54) is 16.5 Å². The Kier molecular flexibility index (Phi) is 6.44. The Labute approximate surface area is 228 Å². The number of H-pyrrole nitrogens is 1. The molecule has 0 radical (unpaired) electrons. The average molecular weight is 522 g/mol. The standard InChI is InChI=1S/C30H35N9/c1-19-15-26(38(4)14-13-37(2)3)24(31)16-25(19)35-30-34-17-22(29-32-10-11-33-29)27(36-30)23-18-39-12-6-8-20-7-5-9-21(23)28(20)39/h5,7,9-11,15-18H,6,8,12-14,31H2,1-4H3,(H,32,33)(H,34,35,36). The summed E-state index contributed by atoms with van der Waals surface area (Å²) in [5.74, 6) is 1.26. The van der Waals surface area contributed by atoms with E-state index >= 15 is 0 Å². The van der Waals surface area contributed by atoms with Crippen LogP contribution < -0.4 is 16.0 Å². The molecular weight excluding hydrogens is 486 g/mol. The van der Waals surface area contributed by atoms with Gasteiger partial charge in [-0.3, -0.25) is 0 Å². The van der Waals surface area contributed by atoms with Crippen molar-refractivity contribution in [3.8, 4) is 22.6 Å². The number of aryl methyl sites for hydroxylation is 3. The Bertz CT molecular complexity index is 1630. The molecule has 1 aliphatic rings. The molecule has 0 atom stereocenters. The number of nitrogen functional groups attached to an aromatic ring is 1. The molecule has 0 bridgehead atoms. The average Bonchev–Trinajstić information content (AvgIpc) is 3.59. The fourth-order valence-electron chi connectivity index (χ4n) is 5.44. The molecule has 200 valence electrons. The van der Waals surface area contributed by atoms with E-state index in [1.807, 2.05) is 18.5 Å². The molecular formula is C30H35N9. The summed E-state index contributed by atoms with van der Waals surface area (Å²) >= 11 is 0. The van der Waals surface area contributed by atoms with Gasteiger partial charge in [0.25, 0.3) is 0 Å². The maximum absolute atomic E-state index is 6.51. The minimum atomic E-state index is 0.517. The normalized spacial score (nSPS) is 12.8. The highest BCUT2D eigenvalue weighted by atomic mass is 15.2. The number of hydrogen-bond donors (Lipinski definition) is 3. The summed E-state index contributed by atoms with van der Waals surface area (Å²) < 4.78 is 2.36. The van der Waals surface area contributed by atoms with Gasteiger partial charge in [0.2, 0.25) is 5.95 Å². The van der Waals surface area contributed by atoms with E-state index < -0.39 is 0 Å². The van der Waals surface area contributed by atoms with Crippen LogP contribution in [0.25, 0.3) is 33.5 Å². The van der Waals surface area contributed by atoms with Gasteiger partial charge in [0, 0.05) is 68.1 Å². The third kappa shape index (κ3) is 4.70. The number of imidazole rings is 1. The zero-order valence-electron chi connectivity index (χ0n) is 23.0. The molecule has 0 fully saturated rings. The van der Waals surface area contributed by atoms with E-state index in [0.29, 0.717) is 11.6 Å². The summed E-state index contributed by atoms with van der Waals surface area (Å²) in [4.78, 5) is 21.9. The SMILES string of the molecule is Cc1cc(N(C)CCN(C)C)c(N)cc1Nc1ncc(-c2ncc[nH]2)c(-c2cn3c4c(cccc24)CCC3)n1. The highest BCUT2D eigenvalue weighted by Gasteiger charge is 2.22. The van der Waals surface area contributed by atoms with Crippen molar-refractivity contribution >= 4 is 33.9 Å². The van der Waals surface area contributed by atoms with Crippen LogP contribution in [0.2, 0.25) is 0 Å². The molecule has 0 spiro atoms. The number of para-hydroxylation sites is 1. The van der Waals surface area contributed by atoms with Crippen molar-refractivity contribution in [3.05, 3.63) is 66.2 Å². The Morgan fingerprint density at radius 2 is 1.97 bits per heavy atom. The van der Waals surface area contributed by atoms with Gasteiger partial charge < -0.3 is 30.4 Å². The Morgan fingerprint density at radius 3 is 2.77 bits per heavy atom. The second kappa shape index (κ2) is 10.1. The van der Waals surface area contributed by atoms with E-state index in [2.05, 4.69) is 93.2 Å². The Morgan fingerprint density at radius 1 is 1.10 bits per heavy atom. The Hall–Kier alpha value is -4.37. The van der Waals surface area contributed by atoms with E-state index in [4.69, 9.17) is 10.7 Å². The minimum Gasteiger partial charge on any atom is -0.397 e. The molecule has 0 aliphatic carbocycles. The van der Waals surface area contributed by atoms with Crippen LogP contribution in [0.1, 0.15) is 17.5 Å². The highest BCUT2D eigenvalue weighted by Crippen LogP contribution is 2.39. The zero-order valence-corrected chi connectivity index (χ0v) is 23.0. The van der Waals surface area contributed by atoms with Gasteiger partial charge in [0.15, 0.2) is 0 Å². The van der Waals surface area contributed by atoms with E-state index in [9.17, 15) is 0 Å². The fraction of sp³-hybridized carbons (Fsp3) is 0.300. The summed E-state index contributed by atoms with van der Waals surface area (Å²) in [6.45, 7) is 4.92. The van der Waals surface area contributed by atoms with Gasteiger partial charge in [-0.15, -0.1) is 0 Å². The lowest BCUT2D eigenvalue weighted by atomic mass is 10.0. The maximum atomic E-state index is 6.51. The molecule has 0 saturated carbocycles. The highest BCUT2D eigenvalue weighted by molar-refractivity contribution is 6.00. The van der Waals surface area contributed by atoms with Gasteiger partial charge >= 0.3 is 0 Å². The zero-order chi connectivity index (χ0) is 27.1. The molecule has 4 N–H and O–H groups in total. The lowest BCUT2D eigenvalue weighted by Crippen LogP contribution is -2.29. The van der Waals surface area contributed by atoms with Crippen molar-refractivity contribution in [1.82, 2.24) is 29.4 Å². The number of nitrogens with one attached hydrogen (secondary N) is 2. The Balaban J connectivity index is 1.40. The van der Waals surface area contributed by atoms with E-state index in [0.717, 1.165) is 72.1 Å². The lowest BCUT2D eigenvalue weighted by molar-refractivity contribution is 0.416. The van der Waals surface area contributed by atoms with Gasteiger partial charge in [-0.25, -0.2) is 15.0 Å².